The van der Waals surface area contributed by atoms with Gasteiger partial charge in [-0.1, -0.05) is 56.7 Å². The van der Waals surface area contributed by atoms with Gasteiger partial charge in [-0.25, -0.2) is 19.1 Å². The predicted molar refractivity (Wildman–Crippen MR) is 268 cm³/mol. The average Bonchev–Trinajstić information content (AvgIpc) is 3.52. The predicted octanol–water partition coefficient (Wildman–Crippen LogP) is 4.34. The van der Waals surface area contributed by atoms with Crippen molar-refractivity contribution in [2.24, 2.45) is 28.6 Å². The van der Waals surface area contributed by atoms with Gasteiger partial charge in [-0.05, 0) is 85.8 Å². The van der Waals surface area contributed by atoms with Crippen molar-refractivity contribution in [3.05, 3.63) is 101 Å². The van der Waals surface area contributed by atoms with Crippen LogP contribution in [0.25, 0.3) is 11.0 Å². The number of aliphatic hydroxyl groups is 1. The third-order valence-electron chi connectivity index (χ3n) is 14.4. The van der Waals surface area contributed by atoms with E-state index >= 15 is 0 Å². The SMILES string of the molecule is CC(C)[C@@H](NC(=O)CCCCCN1C(=O)C2=C(C2)C1=O)C(=O)C[C@H](CCCNC(N)=O)C(=O)Nc1ccc(C[n+]2ccc(N[C@H]3CCc4ccccc43)c3ccn([C@@H]4C[C@@H](COS(N)(=O)=O)[C@@H](O)C4)c32)cc1. The van der Waals surface area contributed by atoms with Crippen molar-refractivity contribution in [3.63, 3.8) is 0 Å². The molecular weight excluding hydrogens is 943 g/mol. The molecule has 3 heterocycles. The second kappa shape index (κ2) is 22.5. The lowest BCUT2D eigenvalue weighted by Crippen LogP contribution is -2.45. The van der Waals surface area contributed by atoms with Crippen molar-refractivity contribution in [2.45, 2.75) is 122 Å². The van der Waals surface area contributed by atoms with Crippen LogP contribution in [0.15, 0.2) is 84.2 Å². The summed E-state index contributed by atoms with van der Waals surface area (Å²) in [6.45, 7) is 4.40. The van der Waals surface area contributed by atoms with E-state index in [2.05, 4.69) is 66.8 Å². The Bertz CT molecular complexity index is 2840. The molecule has 2 aromatic heterocycles. The fraction of sp³-hybridized carbons (Fsp3) is 0.481. The Kier molecular flexibility index (Phi) is 16.2. The molecule has 1 aliphatic heterocycles. The van der Waals surface area contributed by atoms with Crippen LogP contribution in [0.1, 0.15) is 113 Å². The highest BCUT2D eigenvalue weighted by molar-refractivity contribution is 7.84. The maximum atomic E-state index is 14.0. The monoisotopic (exact) mass is 1010 g/mol. The molecule has 4 aromatic rings. The molecule has 1 saturated carbocycles. The van der Waals surface area contributed by atoms with Gasteiger partial charge in [0.05, 0.1) is 48.3 Å². The number of anilines is 2. The summed E-state index contributed by atoms with van der Waals surface area (Å²) in [4.78, 5) is 78.0. The maximum Gasteiger partial charge on any atom is 0.333 e. The number of nitrogens with two attached hydrogens (primary N) is 2. The van der Waals surface area contributed by atoms with Gasteiger partial charge in [0.1, 0.15) is 12.6 Å². The number of likely N-dealkylation sites (tertiary alicyclic amines) is 1. The number of carbonyl (C=O) groups is 6. The van der Waals surface area contributed by atoms with Crippen LogP contribution < -0.4 is 36.7 Å². The quantitative estimate of drug-likeness (QED) is 0.0279. The Morgan fingerprint density at radius 1 is 0.944 bits per heavy atom. The zero-order chi connectivity index (χ0) is 51.3. The lowest BCUT2D eigenvalue weighted by molar-refractivity contribution is -0.665. The molecule has 0 radical (unpaired) electrons. The van der Waals surface area contributed by atoms with E-state index in [9.17, 15) is 42.3 Å². The van der Waals surface area contributed by atoms with E-state index in [1.54, 1.807) is 12.1 Å². The first kappa shape index (κ1) is 51.9. The number of ketones is 1. The number of Topliss-reactive ketones (excluding diaryl/α,β-unsaturated/α-hetero) is 1. The number of piperidine rings is 1. The molecular formula is C52H66N9O10S+. The largest absolute Gasteiger partial charge is 0.393 e. The number of primary amides is 1. The Labute approximate surface area is 419 Å². The summed E-state index contributed by atoms with van der Waals surface area (Å²) in [5, 5.41) is 29.3. The van der Waals surface area contributed by atoms with Gasteiger partial charge in [-0.2, -0.15) is 8.42 Å². The number of pyridine rings is 1. The standard InChI is InChI=1S/C52H65N9O10S/c1-31(2)47(58-46(64)12-4-3-7-22-61-50(66)40-28-41(40)51(61)67)45(63)26-34(10-8-21-55-52(53)68)48(65)56-36-16-13-32(14-17-36)29-59-23-20-43(57-42-18-15-33-9-5-6-11-38(33)42)39-19-24-60(49(39)59)37-25-35(44(62)27-37)30-71-72(54,69)70/h5-6,9,11,13-14,16-17,19-20,23-24,31,34-35,37,42,44,47,62H,3-4,7-8,10,12,15,18,21-22,25-30H2,1-2H3,(H7,53,54,55,56,58,64,65,68,69,70)/p+1/t34-,35-,37+,42-,44-,47+/m0/s1. The first-order valence-corrected chi connectivity index (χ1v) is 26.5. The van der Waals surface area contributed by atoms with E-state index in [1.807, 2.05) is 38.4 Å². The van der Waals surface area contributed by atoms with Crippen molar-refractivity contribution in [3.8, 4) is 0 Å². The number of rotatable bonds is 25. The number of carbonyl (C=O) groups excluding carboxylic acids is 6. The lowest BCUT2D eigenvalue weighted by atomic mass is 9.89. The summed E-state index contributed by atoms with van der Waals surface area (Å²) in [7, 11) is -4.17. The number of aryl methyl sites for hydroxylation is 1. The number of urea groups is 1. The van der Waals surface area contributed by atoms with Gasteiger partial charge in [0.25, 0.3) is 17.5 Å². The number of imide groups is 1. The van der Waals surface area contributed by atoms with Gasteiger partial charge in [-0.15, -0.1) is 0 Å². The zero-order valence-electron chi connectivity index (χ0n) is 40.8. The van der Waals surface area contributed by atoms with E-state index in [0.717, 1.165) is 35.1 Å². The minimum absolute atomic E-state index is 0.132. The van der Waals surface area contributed by atoms with E-state index in [1.165, 1.54) is 16.0 Å². The van der Waals surface area contributed by atoms with Crippen LogP contribution in [0.2, 0.25) is 0 Å². The number of benzene rings is 2. The van der Waals surface area contributed by atoms with Crippen molar-refractivity contribution >= 4 is 68.2 Å². The molecule has 6 atom stereocenters. The number of unbranched alkanes of at least 4 members (excludes halogenated alkanes) is 2. The van der Waals surface area contributed by atoms with E-state index in [4.69, 9.17) is 15.1 Å². The molecule has 0 unspecified atom stereocenters. The minimum atomic E-state index is -4.17. The van der Waals surface area contributed by atoms with Gasteiger partial charge < -0.3 is 32.1 Å². The Morgan fingerprint density at radius 2 is 1.69 bits per heavy atom. The van der Waals surface area contributed by atoms with Crippen LogP contribution in [0.4, 0.5) is 16.2 Å². The molecule has 9 N–H and O–H groups in total. The number of nitrogens with zero attached hydrogens (tertiary/aromatic N) is 3. The number of aromatic nitrogens is 2. The second-order valence-electron chi connectivity index (χ2n) is 20.0. The normalized spacial score (nSPS) is 20.2. The summed E-state index contributed by atoms with van der Waals surface area (Å²) >= 11 is 0. The molecule has 1 fully saturated rings. The number of nitrogens with one attached hydrogen (secondary N) is 4. The number of amides is 6. The molecule has 0 saturated heterocycles. The van der Waals surface area contributed by atoms with Gasteiger partial charge in [0.15, 0.2) is 5.78 Å². The first-order valence-electron chi connectivity index (χ1n) is 25.0. The Hall–Kier alpha value is -6.48. The van der Waals surface area contributed by atoms with Crippen LogP contribution in [0.3, 0.4) is 0 Å². The van der Waals surface area contributed by atoms with Gasteiger partial charge >= 0.3 is 16.3 Å². The summed E-state index contributed by atoms with van der Waals surface area (Å²) in [6, 6.07) is 18.4. The fourth-order valence-corrected chi connectivity index (χ4v) is 10.9. The van der Waals surface area contributed by atoms with Crippen LogP contribution in [0, 0.1) is 17.8 Å². The van der Waals surface area contributed by atoms with Crippen molar-refractivity contribution in [1.82, 2.24) is 20.1 Å². The van der Waals surface area contributed by atoms with Crippen LogP contribution in [0.5, 0.6) is 0 Å². The maximum absolute atomic E-state index is 14.0. The molecule has 20 heteroatoms. The van der Waals surface area contributed by atoms with Crippen LogP contribution >= 0.6 is 0 Å². The van der Waals surface area contributed by atoms with Crippen LogP contribution in [-0.4, -0.2) is 90.3 Å². The molecule has 8 rings (SSSR count). The van der Waals surface area contributed by atoms with E-state index in [-0.39, 0.29) is 79.8 Å². The highest BCUT2D eigenvalue weighted by Gasteiger charge is 2.47. The van der Waals surface area contributed by atoms with Gasteiger partial charge in [-0.3, -0.25) is 33.1 Å². The van der Waals surface area contributed by atoms with Crippen molar-refractivity contribution in [1.29, 1.82) is 0 Å². The summed E-state index contributed by atoms with van der Waals surface area (Å²) in [5.74, 6) is -2.89. The van der Waals surface area contributed by atoms with Crippen molar-refractivity contribution < 1.29 is 51.0 Å². The second-order valence-corrected chi connectivity index (χ2v) is 21.2. The molecule has 3 aliphatic carbocycles. The van der Waals surface area contributed by atoms with Gasteiger partial charge in [0, 0.05) is 73.5 Å². The molecule has 4 aliphatic rings. The van der Waals surface area contributed by atoms with Crippen molar-refractivity contribution in [2.75, 3.05) is 30.3 Å². The number of fused-ring (bicyclic) bond motifs is 2. The third-order valence-corrected chi connectivity index (χ3v) is 14.9. The number of hydrogen-bond donors (Lipinski definition) is 7. The zero-order valence-corrected chi connectivity index (χ0v) is 41.6. The van der Waals surface area contributed by atoms with E-state index < -0.39 is 40.3 Å². The molecule has 0 spiro atoms. The summed E-state index contributed by atoms with van der Waals surface area (Å²) in [5.41, 5.74) is 12.4. The fourth-order valence-electron chi connectivity index (χ4n) is 10.5. The molecule has 6 amide bonds. The molecule has 384 valence electrons. The van der Waals surface area contributed by atoms with E-state index in [0.29, 0.717) is 74.9 Å². The third kappa shape index (κ3) is 12.6. The number of aliphatic hydroxyl groups excluding tert-OH is 1. The summed E-state index contributed by atoms with van der Waals surface area (Å²) < 4.78 is 32.4. The molecule has 0 bridgehead atoms. The highest BCUT2D eigenvalue weighted by atomic mass is 32.2. The topological polar surface area (TPSA) is 278 Å². The molecule has 72 heavy (non-hydrogen) atoms. The van der Waals surface area contributed by atoms with Crippen LogP contribution in [-0.2, 0) is 51.4 Å². The summed E-state index contributed by atoms with van der Waals surface area (Å²) in [6.07, 6.45) is 8.87. The Balaban J connectivity index is 0.923. The number of hydrogen-bond acceptors (Lipinski definition) is 11. The smallest absolute Gasteiger partial charge is 0.333 e. The van der Waals surface area contributed by atoms with Gasteiger partial charge in [0.2, 0.25) is 11.8 Å². The average molecular weight is 1010 g/mol. The molecule has 2 aromatic carbocycles. The first-order chi connectivity index (χ1) is 34.4. The highest BCUT2D eigenvalue weighted by Crippen LogP contribution is 2.41. The minimum Gasteiger partial charge on any atom is -0.393 e. The lowest BCUT2D eigenvalue weighted by Gasteiger charge is -2.24. The Morgan fingerprint density at radius 3 is 2.42 bits per heavy atom. The molecule has 19 nitrogen and oxygen atoms in total.